The Morgan fingerprint density at radius 1 is 1.10 bits per heavy atom. The third-order valence-corrected chi connectivity index (χ3v) is 3.25. The van der Waals surface area contributed by atoms with Crippen LogP contribution in [0.25, 0.3) is 10.8 Å². The number of hydrogen-bond acceptors (Lipinski definition) is 2. The zero-order valence-corrected chi connectivity index (χ0v) is 12.5. The fraction of sp³-hybridized carbons (Fsp3) is 0.353. The van der Waals surface area contributed by atoms with Gasteiger partial charge in [-0.1, -0.05) is 45.0 Å². The molecular formula is C17H21NO2. The van der Waals surface area contributed by atoms with Crippen LogP contribution < -0.4 is 4.90 Å². The molecule has 0 atom stereocenters. The quantitative estimate of drug-likeness (QED) is 0.916. The zero-order valence-electron chi connectivity index (χ0n) is 12.5. The van der Waals surface area contributed by atoms with Gasteiger partial charge in [-0.2, -0.15) is 0 Å². The number of carboxylic acids is 1. The number of aromatic carboxylic acids is 1. The predicted molar refractivity (Wildman–Crippen MR) is 83.6 cm³/mol. The minimum Gasteiger partial charge on any atom is -0.478 e. The molecule has 1 N–H and O–H groups in total. The van der Waals surface area contributed by atoms with Crippen molar-refractivity contribution in [1.29, 1.82) is 0 Å². The van der Waals surface area contributed by atoms with E-state index >= 15 is 0 Å². The summed E-state index contributed by atoms with van der Waals surface area (Å²) in [6, 6.07) is 11.3. The third-order valence-electron chi connectivity index (χ3n) is 3.25. The van der Waals surface area contributed by atoms with Crippen LogP contribution in [0.4, 0.5) is 5.69 Å². The average molecular weight is 271 g/mol. The fourth-order valence-corrected chi connectivity index (χ4v) is 2.60. The molecule has 106 valence electrons. The Labute approximate surface area is 119 Å². The van der Waals surface area contributed by atoms with Gasteiger partial charge in [-0.25, -0.2) is 4.79 Å². The SMILES string of the molecule is CN(CC(C)(C)C)c1ccc(C(=O)O)c2ccccc12. The first kappa shape index (κ1) is 14.4. The highest BCUT2D eigenvalue weighted by Gasteiger charge is 2.17. The van der Waals surface area contributed by atoms with Crippen LogP contribution in [0.2, 0.25) is 0 Å². The number of benzene rings is 2. The highest BCUT2D eigenvalue weighted by molar-refractivity contribution is 6.07. The van der Waals surface area contributed by atoms with Crippen molar-refractivity contribution < 1.29 is 9.90 Å². The Balaban J connectivity index is 2.56. The van der Waals surface area contributed by atoms with E-state index in [0.717, 1.165) is 23.0 Å². The van der Waals surface area contributed by atoms with E-state index in [2.05, 4.69) is 25.7 Å². The summed E-state index contributed by atoms with van der Waals surface area (Å²) in [5, 5.41) is 11.1. The Bertz CT molecular complexity index is 641. The fourth-order valence-electron chi connectivity index (χ4n) is 2.60. The van der Waals surface area contributed by atoms with E-state index in [0.29, 0.717) is 5.56 Å². The molecule has 0 aliphatic carbocycles. The van der Waals surface area contributed by atoms with Gasteiger partial charge in [-0.15, -0.1) is 0 Å². The van der Waals surface area contributed by atoms with Crippen LogP contribution in [0.15, 0.2) is 36.4 Å². The molecule has 0 bridgehead atoms. The number of fused-ring (bicyclic) bond motifs is 1. The van der Waals surface area contributed by atoms with E-state index in [1.165, 1.54) is 0 Å². The first-order chi connectivity index (χ1) is 9.29. The van der Waals surface area contributed by atoms with Gasteiger partial charge in [0.2, 0.25) is 0 Å². The molecule has 0 radical (unpaired) electrons. The van der Waals surface area contributed by atoms with Crippen LogP contribution in [0.3, 0.4) is 0 Å². The summed E-state index contributed by atoms with van der Waals surface area (Å²) in [5.74, 6) is -0.883. The van der Waals surface area contributed by atoms with Crippen LogP contribution in [0.1, 0.15) is 31.1 Å². The topological polar surface area (TPSA) is 40.5 Å². The Morgan fingerprint density at radius 3 is 2.25 bits per heavy atom. The Hall–Kier alpha value is -2.03. The molecule has 20 heavy (non-hydrogen) atoms. The third kappa shape index (κ3) is 2.93. The van der Waals surface area contributed by atoms with Gasteiger partial charge in [0.1, 0.15) is 0 Å². The monoisotopic (exact) mass is 271 g/mol. The molecule has 0 saturated heterocycles. The van der Waals surface area contributed by atoms with E-state index in [4.69, 9.17) is 0 Å². The highest BCUT2D eigenvalue weighted by Crippen LogP contribution is 2.30. The van der Waals surface area contributed by atoms with Gasteiger partial charge in [-0.05, 0) is 22.9 Å². The maximum absolute atomic E-state index is 11.3. The van der Waals surface area contributed by atoms with Gasteiger partial charge < -0.3 is 10.0 Å². The van der Waals surface area contributed by atoms with E-state index in [9.17, 15) is 9.90 Å². The second-order valence-electron chi connectivity index (χ2n) is 6.40. The van der Waals surface area contributed by atoms with Crippen LogP contribution >= 0.6 is 0 Å². The lowest BCUT2D eigenvalue weighted by atomic mass is 9.95. The van der Waals surface area contributed by atoms with Crippen molar-refractivity contribution in [3.8, 4) is 0 Å². The lowest BCUT2D eigenvalue weighted by molar-refractivity contribution is 0.0699. The summed E-state index contributed by atoms with van der Waals surface area (Å²) in [6.07, 6.45) is 0. The van der Waals surface area contributed by atoms with Gasteiger partial charge in [-0.3, -0.25) is 0 Å². The summed E-state index contributed by atoms with van der Waals surface area (Å²) in [4.78, 5) is 13.5. The van der Waals surface area contributed by atoms with E-state index in [1.54, 1.807) is 6.07 Å². The van der Waals surface area contributed by atoms with Gasteiger partial charge in [0.25, 0.3) is 0 Å². The van der Waals surface area contributed by atoms with Crippen molar-refractivity contribution in [2.24, 2.45) is 5.41 Å². The molecule has 3 nitrogen and oxygen atoms in total. The van der Waals surface area contributed by atoms with Crippen LogP contribution in [0, 0.1) is 5.41 Å². The maximum Gasteiger partial charge on any atom is 0.336 e. The Kier molecular flexibility index (Phi) is 3.71. The molecular weight excluding hydrogens is 250 g/mol. The molecule has 0 aliphatic heterocycles. The summed E-state index contributed by atoms with van der Waals surface area (Å²) in [7, 11) is 2.05. The van der Waals surface area contributed by atoms with Crippen molar-refractivity contribution in [1.82, 2.24) is 0 Å². The molecule has 2 rings (SSSR count). The van der Waals surface area contributed by atoms with Crippen molar-refractivity contribution >= 4 is 22.4 Å². The van der Waals surface area contributed by atoms with Crippen molar-refractivity contribution in [2.45, 2.75) is 20.8 Å². The molecule has 3 heteroatoms. The first-order valence-corrected chi connectivity index (χ1v) is 6.76. The predicted octanol–water partition coefficient (Wildman–Crippen LogP) is 4.02. The van der Waals surface area contributed by atoms with E-state index in [1.807, 2.05) is 37.4 Å². The number of carboxylic acid groups (broad SMARTS) is 1. The molecule has 0 aliphatic rings. The number of nitrogens with zero attached hydrogens (tertiary/aromatic N) is 1. The second-order valence-corrected chi connectivity index (χ2v) is 6.40. The molecule has 0 unspecified atom stereocenters. The highest BCUT2D eigenvalue weighted by atomic mass is 16.4. The smallest absolute Gasteiger partial charge is 0.336 e. The number of anilines is 1. The molecule has 2 aromatic rings. The van der Waals surface area contributed by atoms with Gasteiger partial charge in [0.05, 0.1) is 5.56 Å². The summed E-state index contributed by atoms with van der Waals surface area (Å²) in [5.41, 5.74) is 1.61. The molecule has 0 amide bonds. The summed E-state index contributed by atoms with van der Waals surface area (Å²) < 4.78 is 0. The lowest BCUT2D eigenvalue weighted by Gasteiger charge is -2.29. The van der Waals surface area contributed by atoms with Crippen LogP contribution in [0.5, 0.6) is 0 Å². The summed E-state index contributed by atoms with van der Waals surface area (Å²) in [6.45, 7) is 7.48. The molecule has 0 spiro atoms. The second kappa shape index (κ2) is 5.16. The van der Waals surface area contributed by atoms with Gasteiger partial charge in [0.15, 0.2) is 0 Å². The molecule has 0 heterocycles. The molecule has 2 aromatic carbocycles. The lowest BCUT2D eigenvalue weighted by Crippen LogP contribution is -2.29. The van der Waals surface area contributed by atoms with E-state index in [-0.39, 0.29) is 5.41 Å². The van der Waals surface area contributed by atoms with Crippen molar-refractivity contribution in [3.05, 3.63) is 42.0 Å². The molecule has 0 fully saturated rings. The largest absolute Gasteiger partial charge is 0.478 e. The number of hydrogen-bond donors (Lipinski definition) is 1. The van der Waals surface area contributed by atoms with Crippen molar-refractivity contribution in [2.75, 3.05) is 18.5 Å². The van der Waals surface area contributed by atoms with Crippen LogP contribution in [-0.4, -0.2) is 24.7 Å². The number of rotatable bonds is 3. The van der Waals surface area contributed by atoms with Gasteiger partial charge >= 0.3 is 5.97 Å². The van der Waals surface area contributed by atoms with Crippen LogP contribution in [-0.2, 0) is 0 Å². The van der Waals surface area contributed by atoms with Gasteiger partial charge in [0, 0.05) is 24.7 Å². The first-order valence-electron chi connectivity index (χ1n) is 6.76. The van der Waals surface area contributed by atoms with Crippen molar-refractivity contribution in [3.63, 3.8) is 0 Å². The summed E-state index contributed by atoms with van der Waals surface area (Å²) >= 11 is 0. The number of carbonyl (C=O) groups is 1. The molecule has 0 aromatic heterocycles. The maximum atomic E-state index is 11.3. The Morgan fingerprint density at radius 2 is 1.70 bits per heavy atom. The minimum atomic E-state index is -0.883. The zero-order chi connectivity index (χ0) is 14.9. The standard InChI is InChI=1S/C17H21NO2/c1-17(2,3)11-18(4)15-10-9-14(16(19)20)12-7-5-6-8-13(12)15/h5-10H,11H2,1-4H3,(H,19,20). The minimum absolute atomic E-state index is 0.182. The normalized spacial score (nSPS) is 11.6. The average Bonchev–Trinajstić information content (AvgIpc) is 2.35. The molecule has 0 saturated carbocycles. The van der Waals surface area contributed by atoms with E-state index < -0.39 is 5.97 Å².